The van der Waals surface area contributed by atoms with Crippen LogP contribution in [0, 0.1) is 0 Å². The minimum absolute atomic E-state index is 0.935. The van der Waals surface area contributed by atoms with Gasteiger partial charge in [-0.25, -0.2) is 0 Å². The van der Waals surface area contributed by atoms with E-state index >= 15 is 0 Å². The molecule has 0 spiro atoms. The summed E-state index contributed by atoms with van der Waals surface area (Å²) in [4.78, 5) is 0. The number of benzene rings is 1. The topological polar surface area (TPSA) is 0 Å². The quantitative estimate of drug-likeness (QED) is 0.668. The molecule has 0 heterocycles. The van der Waals surface area contributed by atoms with Crippen molar-refractivity contribution < 1.29 is 0 Å². The van der Waals surface area contributed by atoms with Gasteiger partial charge in [0.15, 0.2) is 0 Å². The van der Waals surface area contributed by atoms with Crippen molar-refractivity contribution in [1.82, 2.24) is 0 Å². The fourth-order valence-corrected chi connectivity index (χ4v) is 3.56. The smallest absolute Gasteiger partial charge is 0.0297 e. The van der Waals surface area contributed by atoms with E-state index in [1.165, 1.54) is 34.0 Å². The maximum Gasteiger partial charge on any atom is 0.0297 e. The van der Waals surface area contributed by atoms with Crippen molar-refractivity contribution in [3.8, 4) is 0 Å². The molecule has 1 aliphatic rings. The van der Waals surface area contributed by atoms with Crippen LogP contribution in [0.2, 0.25) is 0 Å². The second-order valence-corrected chi connectivity index (χ2v) is 5.05. The fourth-order valence-electron chi connectivity index (χ4n) is 1.91. The molecular formula is C12H12Br2. The molecule has 0 saturated carbocycles. The lowest BCUT2D eigenvalue weighted by molar-refractivity contribution is 0.847. The molecule has 2 rings (SSSR count). The minimum Gasteiger partial charge on any atom is -0.0876 e. The summed E-state index contributed by atoms with van der Waals surface area (Å²) in [5, 5.41) is 0.935. The number of rotatable bonds is 1. The van der Waals surface area contributed by atoms with Gasteiger partial charge in [-0.3, -0.25) is 0 Å². The molecule has 0 aromatic heterocycles. The van der Waals surface area contributed by atoms with Crippen LogP contribution in [0.1, 0.15) is 24.0 Å². The van der Waals surface area contributed by atoms with Gasteiger partial charge in [-0.15, -0.1) is 0 Å². The van der Waals surface area contributed by atoms with Gasteiger partial charge < -0.3 is 0 Å². The second-order valence-electron chi connectivity index (χ2n) is 3.53. The van der Waals surface area contributed by atoms with E-state index in [2.05, 4.69) is 56.1 Å². The van der Waals surface area contributed by atoms with E-state index in [1.54, 1.807) is 0 Å². The van der Waals surface area contributed by atoms with Crippen LogP contribution in [0.15, 0.2) is 28.7 Å². The second kappa shape index (κ2) is 4.63. The number of aryl methyl sites for hydroxylation is 1. The average Bonchev–Trinajstić information content (AvgIpc) is 2.36. The van der Waals surface area contributed by atoms with E-state index in [0.29, 0.717) is 0 Å². The summed E-state index contributed by atoms with van der Waals surface area (Å²) >= 11 is 7.25. The van der Waals surface area contributed by atoms with Gasteiger partial charge in [-0.2, -0.15) is 0 Å². The molecule has 14 heavy (non-hydrogen) atoms. The summed E-state index contributed by atoms with van der Waals surface area (Å²) in [5.74, 6) is 0. The van der Waals surface area contributed by atoms with Gasteiger partial charge >= 0.3 is 0 Å². The number of alkyl halides is 1. The molecule has 0 N–H and O–H groups in total. The molecule has 0 atom stereocenters. The van der Waals surface area contributed by atoms with Crippen LogP contribution in [-0.4, -0.2) is 5.33 Å². The van der Waals surface area contributed by atoms with Gasteiger partial charge in [-0.1, -0.05) is 56.1 Å². The summed E-state index contributed by atoms with van der Waals surface area (Å²) < 4.78 is 1.36. The summed E-state index contributed by atoms with van der Waals surface area (Å²) in [7, 11) is 0. The molecule has 1 aromatic rings. The van der Waals surface area contributed by atoms with E-state index in [4.69, 9.17) is 0 Å². The molecular weight excluding hydrogens is 304 g/mol. The predicted molar refractivity (Wildman–Crippen MR) is 69.0 cm³/mol. The highest BCUT2D eigenvalue weighted by atomic mass is 79.9. The summed E-state index contributed by atoms with van der Waals surface area (Å²) in [6.45, 7) is 0. The van der Waals surface area contributed by atoms with Crippen LogP contribution >= 0.6 is 31.9 Å². The average molecular weight is 316 g/mol. The third-order valence-electron chi connectivity index (χ3n) is 2.65. The highest BCUT2D eigenvalue weighted by Gasteiger charge is 2.13. The highest BCUT2D eigenvalue weighted by Crippen LogP contribution is 2.33. The van der Waals surface area contributed by atoms with Crippen LogP contribution < -0.4 is 0 Å². The van der Waals surface area contributed by atoms with E-state index < -0.39 is 0 Å². The number of hydrogen-bond acceptors (Lipinski definition) is 0. The molecule has 0 saturated heterocycles. The largest absolute Gasteiger partial charge is 0.0876 e. The molecule has 0 bridgehead atoms. The fraction of sp³-hybridized carbons (Fsp3) is 0.333. The Bertz CT molecular complexity index is 366. The Hall–Kier alpha value is -0.0800. The SMILES string of the molecule is BrCC1=C(Br)CCCc2ccccc21. The van der Waals surface area contributed by atoms with Gasteiger partial charge in [0.25, 0.3) is 0 Å². The summed E-state index contributed by atoms with van der Waals surface area (Å²) in [6, 6.07) is 8.71. The van der Waals surface area contributed by atoms with Crippen LogP contribution in [0.3, 0.4) is 0 Å². The van der Waals surface area contributed by atoms with Crippen molar-refractivity contribution in [3.05, 3.63) is 39.9 Å². The molecule has 0 amide bonds. The predicted octanol–water partition coefficient (Wildman–Crippen LogP) is 4.52. The molecule has 0 nitrogen and oxygen atoms in total. The number of fused-ring (bicyclic) bond motifs is 1. The van der Waals surface area contributed by atoms with Crippen LogP contribution in [0.25, 0.3) is 5.57 Å². The van der Waals surface area contributed by atoms with E-state index in [0.717, 1.165) is 11.8 Å². The number of halogens is 2. The first-order valence-corrected chi connectivity index (χ1v) is 6.76. The minimum atomic E-state index is 0.935. The Kier molecular flexibility index (Phi) is 3.45. The first kappa shape index (κ1) is 10.4. The van der Waals surface area contributed by atoms with Gasteiger partial charge in [0.1, 0.15) is 0 Å². The van der Waals surface area contributed by atoms with Gasteiger partial charge in [0, 0.05) is 5.33 Å². The Morgan fingerprint density at radius 2 is 1.93 bits per heavy atom. The van der Waals surface area contributed by atoms with Crippen molar-refractivity contribution in [3.63, 3.8) is 0 Å². The standard InChI is InChI=1S/C12H12Br2/c13-8-11-10-6-2-1-4-9(10)5-3-7-12(11)14/h1-2,4,6H,3,5,7-8H2. The lowest BCUT2D eigenvalue weighted by atomic mass is 10.0. The molecule has 0 radical (unpaired) electrons. The van der Waals surface area contributed by atoms with Crippen LogP contribution in [-0.2, 0) is 6.42 Å². The summed E-state index contributed by atoms with van der Waals surface area (Å²) in [6.07, 6.45) is 3.60. The Labute approximate surface area is 102 Å². The van der Waals surface area contributed by atoms with E-state index in [9.17, 15) is 0 Å². The Morgan fingerprint density at radius 3 is 2.71 bits per heavy atom. The molecule has 0 fully saturated rings. The van der Waals surface area contributed by atoms with Crippen molar-refractivity contribution in [2.75, 3.05) is 5.33 Å². The lowest BCUT2D eigenvalue weighted by Crippen LogP contribution is -1.91. The third-order valence-corrected chi connectivity index (χ3v) is 4.08. The maximum absolute atomic E-state index is 3.68. The number of allylic oxidation sites excluding steroid dienone is 2. The lowest BCUT2D eigenvalue weighted by Gasteiger charge is -2.08. The zero-order valence-electron chi connectivity index (χ0n) is 7.89. The zero-order valence-corrected chi connectivity index (χ0v) is 11.1. The van der Waals surface area contributed by atoms with Crippen molar-refractivity contribution >= 4 is 37.4 Å². The molecule has 2 heteroatoms. The monoisotopic (exact) mass is 314 g/mol. The molecule has 1 aromatic carbocycles. The zero-order chi connectivity index (χ0) is 9.97. The summed E-state index contributed by atoms with van der Waals surface area (Å²) in [5.41, 5.74) is 4.31. The van der Waals surface area contributed by atoms with E-state index in [1.807, 2.05) is 0 Å². The van der Waals surface area contributed by atoms with Crippen LogP contribution in [0.4, 0.5) is 0 Å². The van der Waals surface area contributed by atoms with Crippen molar-refractivity contribution in [2.45, 2.75) is 19.3 Å². The number of hydrogen-bond donors (Lipinski definition) is 0. The van der Waals surface area contributed by atoms with Gasteiger partial charge in [0.05, 0.1) is 0 Å². The van der Waals surface area contributed by atoms with Gasteiger partial charge in [0.2, 0.25) is 0 Å². The molecule has 0 aliphatic heterocycles. The highest BCUT2D eigenvalue weighted by molar-refractivity contribution is 9.12. The van der Waals surface area contributed by atoms with Crippen molar-refractivity contribution in [1.29, 1.82) is 0 Å². The Morgan fingerprint density at radius 1 is 1.14 bits per heavy atom. The first-order chi connectivity index (χ1) is 6.83. The molecule has 0 unspecified atom stereocenters. The maximum atomic E-state index is 3.68. The molecule has 1 aliphatic carbocycles. The van der Waals surface area contributed by atoms with Crippen LogP contribution in [0.5, 0.6) is 0 Å². The first-order valence-electron chi connectivity index (χ1n) is 4.84. The normalized spacial score (nSPS) is 16.4. The van der Waals surface area contributed by atoms with E-state index in [-0.39, 0.29) is 0 Å². The van der Waals surface area contributed by atoms with Crippen molar-refractivity contribution in [2.24, 2.45) is 0 Å². The Balaban J connectivity index is 2.55. The molecule has 74 valence electrons. The third kappa shape index (κ3) is 1.96. The van der Waals surface area contributed by atoms with Gasteiger partial charge in [-0.05, 0) is 40.4 Å².